The fourth-order valence-electron chi connectivity index (χ4n) is 7.56. The number of fused-ring (bicyclic) bond motifs is 6. The second-order valence-corrected chi connectivity index (χ2v) is 12.3. The molecular weight excluding hydrogens is 585 g/mol. The van der Waals surface area contributed by atoms with E-state index in [4.69, 9.17) is 0 Å². The van der Waals surface area contributed by atoms with Crippen molar-refractivity contribution in [3.05, 3.63) is 162 Å². The highest BCUT2D eigenvalue weighted by Gasteiger charge is 2.21. The molecule has 0 N–H and O–H groups in total. The summed E-state index contributed by atoms with van der Waals surface area (Å²) in [5.74, 6) is 0. The standard InChI is InChI=1S/C44H28N4/c45-27-31-26-44(48-42-19-9-4-14-36(42)37-15-5-10-20-43(37)48)32(28-46)25-38(31)30-23-21-29(22-24-30)33-11-1-6-16-39(33)47-40-17-7-2-12-34(40)35-13-3-8-18-41(35)47/h1-7,9-17,19-26H,8,18H2. The first-order valence-corrected chi connectivity index (χ1v) is 16.2. The highest BCUT2D eigenvalue weighted by Crippen LogP contribution is 2.39. The average Bonchev–Trinajstić information content (AvgIpc) is 3.67. The van der Waals surface area contributed by atoms with E-state index >= 15 is 0 Å². The zero-order valence-electron chi connectivity index (χ0n) is 26.1. The van der Waals surface area contributed by atoms with Crippen LogP contribution in [0.15, 0.2) is 140 Å². The number of benzene rings is 6. The van der Waals surface area contributed by atoms with Gasteiger partial charge in [-0.2, -0.15) is 10.5 Å². The molecule has 0 saturated heterocycles. The molecule has 4 heteroatoms. The van der Waals surface area contributed by atoms with E-state index in [1.165, 1.54) is 22.2 Å². The van der Waals surface area contributed by atoms with Gasteiger partial charge in [0.25, 0.3) is 0 Å². The van der Waals surface area contributed by atoms with Crippen LogP contribution in [0.3, 0.4) is 0 Å². The first kappa shape index (κ1) is 27.7. The molecule has 9 rings (SSSR count). The molecule has 4 nitrogen and oxygen atoms in total. The van der Waals surface area contributed by atoms with Crippen molar-refractivity contribution in [3.8, 4) is 45.8 Å². The second kappa shape index (κ2) is 11.0. The monoisotopic (exact) mass is 612 g/mol. The van der Waals surface area contributed by atoms with Gasteiger partial charge < -0.3 is 9.13 Å². The Bertz CT molecular complexity index is 2630. The molecule has 1 aliphatic carbocycles. The molecule has 0 unspecified atom stereocenters. The van der Waals surface area contributed by atoms with Gasteiger partial charge in [-0.25, -0.2) is 0 Å². The Labute approximate surface area is 278 Å². The molecule has 0 bridgehead atoms. The maximum atomic E-state index is 10.4. The van der Waals surface area contributed by atoms with Gasteiger partial charge in [0.05, 0.1) is 45.1 Å². The van der Waals surface area contributed by atoms with Gasteiger partial charge in [0.2, 0.25) is 0 Å². The minimum absolute atomic E-state index is 0.517. The normalized spacial score (nSPS) is 12.3. The fourth-order valence-corrected chi connectivity index (χ4v) is 7.56. The van der Waals surface area contributed by atoms with Crippen LogP contribution in [0.5, 0.6) is 0 Å². The van der Waals surface area contributed by atoms with E-state index < -0.39 is 0 Å². The third-order valence-corrected chi connectivity index (χ3v) is 9.70. The summed E-state index contributed by atoms with van der Waals surface area (Å²) in [5.41, 5.74) is 12.6. The summed E-state index contributed by atoms with van der Waals surface area (Å²) < 4.78 is 4.53. The summed E-state index contributed by atoms with van der Waals surface area (Å²) in [5, 5.41) is 24.3. The Morgan fingerprint density at radius 3 is 1.73 bits per heavy atom. The summed E-state index contributed by atoms with van der Waals surface area (Å²) in [6, 6.07) is 50.6. The van der Waals surface area contributed by atoms with Crippen LogP contribution < -0.4 is 0 Å². The van der Waals surface area contributed by atoms with Crippen LogP contribution in [0.4, 0.5) is 0 Å². The van der Waals surface area contributed by atoms with E-state index in [9.17, 15) is 10.5 Å². The second-order valence-electron chi connectivity index (χ2n) is 12.3. The van der Waals surface area contributed by atoms with Gasteiger partial charge in [0.1, 0.15) is 6.07 Å². The SMILES string of the molecule is N#Cc1cc(-n2c3ccccc3c3ccccc32)c(C#N)cc1-c1ccc(-c2ccccc2-n2c3c(c4ccccc42)C=CCC3)cc1. The maximum Gasteiger partial charge on any atom is 0.101 e. The zero-order valence-corrected chi connectivity index (χ0v) is 26.1. The lowest BCUT2D eigenvalue weighted by Crippen LogP contribution is -2.04. The summed E-state index contributed by atoms with van der Waals surface area (Å²) in [7, 11) is 0. The van der Waals surface area contributed by atoms with E-state index in [1.54, 1.807) is 0 Å². The van der Waals surface area contributed by atoms with Crippen molar-refractivity contribution in [2.24, 2.45) is 0 Å². The van der Waals surface area contributed by atoms with Crippen molar-refractivity contribution in [3.63, 3.8) is 0 Å². The molecule has 0 saturated carbocycles. The van der Waals surface area contributed by atoms with Gasteiger partial charge >= 0.3 is 0 Å². The molecule has 0 spiro atoms. The predicted molar refractivity (Wildman–Crippen MR) is 195 cm³/mol. The van der Waals surface area contributed by atoms with E-state index in [0.29, 0.717) is 16.8 Å². The minimum Gasteiger partial charge on any atom is -0.312 e. The van der Waals surface area contributed by atoms with E-state index in [-0.39, 0.29) is 0 Å². The average molecular weight is 613 g/mol. The number of allylic oxidation sites excluding steroid dienone is 1. The first-order chi connectivity index (χ1) is 23.7. The van der Waals surface area contributed by atoms with Gasteiger partial charge in [-0.15, -0.1) is 0 Å². The lowest BCUT2D eigenvalue weighted by Gasteiger charge is -2.17. The van der Waals surface area contributed by atoms with Crippen LogP contribution in [0, 0.1) is 22.7 Å². The molecule has 0 amide bonds. The molecule has 0 atom stereocenters. The molecule has 0 fully saturated rings. The number of nitrogens with zero attached hydrogens (tertiary/aromatic N) is 4. The molecule has 0 aliphatic heterocycles. The van der Waals surface area contributed by atoms with Crippen LogP contribution in [-0.4, -0.2) is 9.13 Å². The van der Waals surface area contributed by atoms with Crippen LogP contribution in [0.25, 0.3) is 72.4 Å². The van der Waals surface area contributed by atoms with Crippen molar-refractivity contribution in [1.29, 1.82) is 10.5 Å². The third kappa shape index (κ3) is 4.14. The topological polar surface area (TPSA) is 57.4 Å². The van der Waals surface area contributed by atoms with Gasteiger partial charge in [-0.3, -0.25) is 0 Å². The van der Waals surface area contributed by atoms with Crippen molar-refractivity contribution >= 4 is 38.8 Å². The third-order valence-electron chi connectivity index (χ3n) is 9.70. The molecule has 0 radical (unpaired) electrons. The lowest BCUT2D eigenvalue weighted by atomic mass is 9.94. The Hall–Kier alpha value is -6.62. The predicted octanol–water partition coefficient (Wildman–Crippen LogP) is 10.8. The summed E-state index contributed by atoms with van der Waals surface area (Å²) >= 11 is 0. The van der Waals surface area contributed by atoms with Crippen molar-refractivity contribution in [1.82, 2.24) is 9.13 Å². The number of para-hydroxylation sites is 4. The van der Waals surface area contributed by atoms with Gasteiger partial charge in [-0.05, 0) is 60.4 Å². The molecule has 2 heterocycles. The van der Waals surface area contributed by atoms with Gasteiger partial charge in [0, 0.05) is 38.5 Å². The highest BCUT2D eigenvalue weighted by molar-refractivity contribution is 6.09. The van der Waals surface area contributed by atoms with Crippen LogP contribution in [0.1, 0.15) is 28.8 Å². The quantitative estimate of drug-likeness (QED) is 0.199. The van der Waals surface area contributed by atoms with Crippen molar-refractivity contribution in [2.45, 2.75) is 12.8 Å². The molecular formula is C44H28N4. The smallest absolute Gasteiger partial charge is 0.101 e. The molecule has 48 heavy (non-hydrogen) atoms. The summed E-state index contributed by atoms with van der Waals surface area (Å²) in [6.45, 7) is 0. The Balaban J connectivity index is 1.16. The van der Waals surface area contributed by atoms with E-state index in [0.717, 1.165) is 62.6 Å². The molecule has 224 valence electrons. The maximum absolute atomic E-state index is 10.4. The highest BCUT2D eigenvalue weighted by atomic mass is 15.0. The Morgan fingerprint density at radius 1 is 0.500 bits per heavy atom. The molecule has 6 aromatic carbocycles. The molecule has 8 aromatic rings. The summed E-state index contributed by atoms with van der Waals surface area (Å²) in [4.78, 5) is 0. The van der Waals surface area contributed by atoms with E-state index in [2.05, 4.69) is 130 Å². The fraction of sp³-hybridized carbons (Fsp3) is 0.0455. The van der Waals surface area contributed by atoms with E-state index in [1.807, 2.05) is 36.4 Å². The number of hydrogen-bond acceptors (Lipinski definition) is 2. The lowest BCUT2D eigenvalue weighted by molar-refractivity contribution is 0.889. The largest absolute Gasteiger partial charge is 0.312 e. The van der Waals surface area contributed by atoms with Crippen LogP contribution >= 0.6 is 0 Å². The van der Waals surface area contributed by atoms with Crippen molar-refractivity contribution < 1.29 is 0 Å². The first-order valence-electron chi connectivity index (χ1n) is 16.2. The number of aromatic nitrogens is 2. The number of hydrogen-bond donors (Lipinski definition) is 0. The molecule has 2 aromatic heterocycles. The Morgan fingerprint density at radius 2 is 1.06 bits per heavy atom. The number of rotatable bonds is 4. The van der Waals surface area contributed by atoms with Crippen molar-refractivity contribution in [2.75, 3.05) is 0 Å². The van der Waals surface area contributed by atoms with Gasteiger partial charge in [-0.1, -0.05) is 109 Å². The van der Waals surface area contributed by atoms with Gasteiger partial charge in [0.15, 0.2) is 0 Å². The summed E-state index contributed by atoms with van der Waals surface area (Å²) in [6.07, 6.45) is 6.56. The molecule has 1 aliphatic rings. The zero-order chi connectivity index (χ0) is 32.2. The Kier molecular flexibility index (Phi) is 6.35. The van der Waals surface area contributed by atoms with Crippen LogP contribution in [0.2, 0.25) is 0 Å². The minimum atomic E-state index is 0.517. The number of nitriles is 2. The van der Waals surface area contributed by atoms with Crippen LogP contribution in [-0.2, 0) is 6.42 Å².